The Morgan fingerprint density at radius 3 is 2.89 bits per heavy atom. The number of hydrogen-bond donors (Lipinski definition) is 1. The molecule has 1 aromatic rings. The summed E-state index contributed by atoms with van der Waals surface area (Å²) in [5.74, 6) is 0.555. The molecule has 2 fully saturated rings. The van der Waals surface area contributed by atoms with Gasteiger partial charge in [0.05, 0.1) is 0 Å². The highest BCUT2D eigenvalue weighted by Gasteiger charge is 2.37. The van der Waals surface area contributed by atoms with Crippen LogP contribution in [0, 0.1) is 11.7 Å². The zero-order chi connectivity index (χ0) is 12.7. The molecule has 2 unspecified atom stereocenters. The zero-order valence-corrected chi connectivity index (χ0v) is 11.0. The molecular formula is C14H17FN2S. The first-order valence-corrected chi connectivity index (χ1v) is 6.86. The predicted octanol–water partition coefficient (Wildman–Crippen LogP) is 2.44. The summed E-state index contributed by atoms with van der Waals surface area (Å²) in [6, 6.07) is 5.83. The molecule has 1 saturated carbocycles. The number of fused-ring (bicyclic) bond motifs is 2. The fourth-order valence-corrected chi connectivity index (χ4v) is 3.47. The first-order valence-electron chi connectivity index (χ1n) is 6.46. The van der Waals surface area contributed by atoms with E-state index in [1.54, 1.807) is 6.07 Å². The molecule has 0 amide bonds. The molecule has 2 bridgehead atoms. The van der Waals surface area contributed by atoms with Crippen LogP contribution in [0.1, 0.15) is 30.4 Å². The molecule has 2 N–H and O–H groups in total. The molecule has 0 aromatic heterocycles. The highest BCUT2D eigenvalue weighted by Crippen LogP contribution is 2.38. The van der Waals surface area contributed by atoms with Crippen LogP contribution in [-0.4, -0.2) is 22.5 Å². The molecular weight excluding hydrogens is 247 g/mol. The number of halogens is 1. The van der Waals surface area contributed by atoms with Gasteiger partial charge in [0.2, 0.25) is 0 Å². The van der Waals surface area contributed by atoms with Gasteiger partial charge < -0.3 is 5.73 Å². The first kappa shape index (κ1) is 12.1. The monoisotopic (exact) mass is 264 g/mol. The molecule has 1 aromatic carbocycles. The van der Waals surface area contributed by atoms with Crippen LogP contribution >= 0.6 is 12.2 Å². The van der Waals surface area contributed by atoms with E-state index in [1.807, 2.05) is 6.07 Å². The molecule has 96 valence electrons. The largest absolute Gasteiger partial charge is 0.389 e. The number of nitrogens with two attached hydrogens (primary N) is 1. The third-order valence-electron chi connectivity index (χ3n) is 4.20. The van der Waals surface area contributed by atoms with E-state index in [9.17, 15) is 4.39 Å². The third kappa shape index (κ3) is 2.15. The normalized spacial score (nSPS) is 26.7. The Balaban J connectivity index is 1.77. The second-order valence-corrected chi connectivity index (χ2v) is 5.88. The minimum absolute atomic E-state index is 0.136. The van der Waals surface area contributed by atoms with Crippen LogP contribution in [0.4, 0.5) is 4.39 Å². The highest BCUT2D eigenvalue weighted by molar-refractivity contribution is 7.80. The van der Waals surface area contributed by atoms with Crippen LogP contribution < -0.4 is 5.73 Å². The molecule has 2 atom stereocenters. The average molecular weight is 264 g/mol. The molecule has 3 rings (SSSR count). The van der Waals surface area contributed by atoms with E-state index in [-0.39, 0.29) is 10.8 Å². The maximum atomic E-state index is 13.5. The smallest absolute Gasteiger partial charge is 0.133 e. The van der Waals surface area contributed by atoms with E-state index in [4.69, 9.17) is 18.0 Å². The van der Waals surface area contributed by atoms with Crippen molar-refractivity contribution in [2.24, 2.45) is 11.7 Å². The molecule has 18 heavy (non-hydrogen) atoms. The summed E-state index contributed by atoms with van der Waals surface area (Å²) in [5.41, 5.74) is 7.00. The van der Waals surface area contributed by atoms with Crippen molar-refractivity contribution < 1.29 is 4.39 Å². The molecule has 1 aliphatic heterocycles. The van der Waals surface area contributed by atoms with Crippen LogP contribution in [-0.2, 0) is 6.54 Å². The van der Waals surface area contributed by atoms with Gasteiger partial charge in [0.25, 0.3) is 0 Å². The van der Waals surface area contributed by atoms with Crippen LogP contribution in [0.25, 0.3) is 0 Å². The van der Waals surface area contributed by atoms with Gasteiger partial charge >= 0.3 is 0 Å². The van der Waals surface area contributed by atoms with Gasteiger partial charge in [-0.3, -0.25) is 4.90 Å². The number of thiocarbonyl (C=S) groups is 1. The zero-order valence-electron chi connectivity index (χ0n) is 10.2. The lowest BCUT2D eigenvalue weighted by molar-refractivity contribution is 0.205. The maximum Gasteiger partial charge on any atom is 0.133 e. The molecule has 2 aliphatic rings. The molecule has 4 heteroatoms. The molecule has 2 nitrogen and oxygen atoms in total. The Morgan fingerprint density at radius 1 is 1.44 bits per heavy atom. The van der Waals surface area contributed by atoms with Crippen molar-refractivity contribution in [3.8, 4) is 0 Å². The number of piperidine rings is 1. The van der Waals surface area contributed by atoms with Gasteiger partial charge in [-0.2, -0.15) is 0 Å². The second kappa shape index (κ2) is 4.59. The fourth-order valence-electron chi connectivity index (χ4n) is 3.31. The molecule has 1 aliphatic carbocycles. The van der Waals surface area contributed by atoms with Crippen molar-refractivity contribution in [2.45, 2.75) is 31.8 Å². The first-order chi connectivity index (χ1) is 8.63. The predicted molar refractivity (Wildman–Crippen MR) is 73.8 cm³/mol. The second-order valence-electron chi connectivity index (χ2n) is 5.44. The van der Waals surface area contributed by atoms with E-state index in [2.05, 4.69) is 4.90 Å². The highest BCUT2D eigenvalue weighted by atomic mass is 32.1. The van der Waals surface area contributed by atoms with Crippen LogP contribution in [0.3, 0.4) is 0 Å². The average Bonchev–Trinajstić information content (AvgIpc) is 2.93. The summed E-state index contributed by atoms with van der Waals surface area (Å²) in [4.78, 5) is 2.64. The Kier molecular flexibility index (Phi) is 3.08. The summed E-state index contributed by atoms with van der Waals surface area (Å²) in [7, 11) is 0. The van der Waals surface area contributed by atoms with Gasteiger partial charge in [-0.15, -0.1) is 0 Å². The van der Waals surface area contributed by atoms with E-state index in [0.29, 0.717) is 5.56 Å². The standard InChI is InChI=1S/C14H17FN2S/c15-13-4-2-10(6-12(13)14(16)18)8-17-7-9-1-3-11(17)5-9/h2,4,6,9,11H,1,3,5,7-8H2,(H2,16,18). The van der Waals surface area contributed by atoms with Crippen molar-refractivity contribution in [3.63, 3.8) is 0 Å². The van der Waals surface area contributed by atoms with E-state index in [1.165, 1.54) is 31.9 Å². The number of likely N-dealkylation sites (tertiary alicyclic amines) is 1. The summed E-state index contributed by atoms with van der Waals surface area (Å²) in [6.45, 7) is 2.07. The molecule has 0 radical (unpaired) electrons. The van der Waals surface area contributed by atoms with Crippen molar-refractivity contribution in [1.82, 2.24) is 4.90 Å². The van der Waals surface area contributed by atoms with Crippen LogP contribution in [0.5, 0.6) is 0 Å². The molecule has 0 spiro atoms. The van der Waals surface area contributed by atoms with Gasteiger partial charge in [0, 0.05) is 24.7 Å². The van der Waals surface area contributed by atoms with Crippen LogP contribution in [0.15, 0.2) is 18.2 Å². The summed E-state index contributed by atoms with van der Waals surface area (Å²) in [6.07, 6.45) is 4.03. The van der Waals surface area contributed by atoms with Gasteiger partial charge in [-0.25, -0.2) is 4.39 Å². The van der Waals surface area contributed by atoms with Gasteiger partial charge in [0.15, 0.2) is 0 Å². The van der Waals surface area contributed by atoms with E-state index >= 15 is 0 Å². The lowest BCUT2D eigenvalue weighted by Gasteiger charge is -2.26. The molecule has 1 saturated heterocycles. The van der Waals surface area contributed by atoms with Crippen molar-refractivity contribution >= 4 is 17.2 Å². The third-order valence-corrected chi connectivity index (χ3v) is 4.42. The van der Waals surface area contributed by atoms with Gasteiger partial charge in [0.1, 0.15) is 10.8 Å². The Hall–Kier alpha value is -1.00. The van der Waals surface area contributed by atoms with Crippen molar-refractivity contribution in [3.05, 3.63) is 35.1 Å². The fraction of sp³-hybridized carbons (Fsp3) is 0.500. The minimum Gasteiger partial charge on any atom is -0.389 e. The van der Waals surface area contributed by atoms with Crippen LogP contribution in [0.2, 0.25) is 0 Å². The lowest BCUT2D eigenvalue weighted by atomic mass is 10.1. The van der Waals surface area contributed by atoms with Crippen molar-refractivity contribution in [1.29, 1.82) is 0 Å². The number of benzene rings is 1. The summed E-state index contributed by atoms with van der Waals surface area (Å²) >= 11 is 4.87. The number of nitrogens with zero attached hydrogens (tertiary/aromatic N) is 1. The summed E-state index contributed by atoms with van der Waals surface area (Å²) in [5, 5.41) is 0. The summed E-state index contributed by atoms with van der Waals surface area (Å²) < 4.78 is 13.5. The van der Waals surface area contributed by atoms with E-state index < -0.39 is 0 Å². The number of hydrogen-bond acceptors (Lipinski definition) is 2. The number of rotatable bonds is 3. The topological polar surface area (TPSA) is 29.3 Å². The Bertz CT molecular complexity index is 489. The Labute approximate surface area is 112 Å². The van der Waals surface area contributed by atoms with Crippen molar-refractivity contribution in [2.75, 3.05) is 6.54 Å². The van der Waals surface area contributed by atoms with Gasteiger partial charge in [-0.1, -0.05) is 18.3 Å². The SMILES string of the molecule is NC(=S)c1cc(CN2CC3CCC2C3)ccc1F. The lowest BCUT2D eigenvalue weighted by Crippen LogP contribution is -2.31. The van der Waals surface area contributed by atoms with Gasteiger partial charge in [-0.05, 0) is 42.9 Å². The molecule has 1 heterocycles. The Morgan fingerprint density at radius 2 is 2.28 bits per heavy atom. The minimum atomic E-state index is -0.325. The van der Waals surface area contributed by atoms with E-state index in [0.717, 1.165) is 24.1 Å². The maximum absolute atomic E-state index is 13.5. The quantitative estimate of drug-likeness (QED) is 0.850.